The lowest BCUT2D eigenvalue weighted by Gasteiger charge is -2.12. The number of unbranched alkanes of at least 4 members (excludes halogenated alkanes) is 2. The van der Waals surface area contributed by atoms with Crippen LogP contribution in [0.1, 0.15) is 31.7 Å². The minimum Gasteiger partial charge on any atom is -0.356 e. The molecule has 0 radical (unpaired) electrons. The Morgan fingerprint density at radius 2 is 2.00 bits per heavy atom. The van der Waals surface area contributed by atoms with Gasteiger partial charge in [0.15, 0.2) is 5.96 Å². The molecular formula is C19H26N4. The number of hydrogen-bond donors (Lipinski definition) is 2. The molecule has 0 saturated heterocycles. The fourth-order valence-electron chi connectivity index (χ4n) is 2.36. The monoisotopic (exact) mass is 310 g/mol. The first-order valence-corrected chi connectivity index (χ1v) is 8.28. The second-order valence-electron chi connectivity index (χ2n) is 5.48. The van der Waals surface area contributed by atoms with Gasteiger partial charge in [0, 0.05) is 31.9 Å². The normalized spacial score (nSPS) is 11.3. The van der Waals surface area contributed by atoms with Gasteiger partial charge >= 0.3 is 0 Å². The Bertz CT molecular complexity index is 608. The Balaban J connectivity index is 1.90. The fourth-order valence-corrected chi connectivity index (χ4v) is 2.36. The summed E-state index contributed by atoms with van der Waals surface area (Å²) in [5, 5.41) is 6.71. The molecule has 4 heteroatoms. The quantitative estimate of drug-likeness (QED) is 0.467. The third-order valence-electron chi connectivity index (χ3n) is 3.64. The Labute approximate surface area is 139 Å². The van der Waals surface area contributed by atoms with Crippen molar-refractivity contribution < 1.29 is 0 Å². The van der Waals surface area contributed by atoms with Gasteiger partial charge in [-0.15, -0.1) is 0 Å². The SMILES string of the molecule is CCCCCNC(=NC)NCc1cccc(-c2ccccn2)c1. The molecule has 0 aliphatic rings. The van der Waals surface area contributed by atoms with E-state index in [-0.39, 0.29) is 0 Å². The third-order valence-corrected chi connectivity index (χ3v) is 3.64. The van der Waals surface area contributed by atoms with E-state index in [0.717, 1.165) is 30.3 Å². The Hall–Kier alpha value is -2.36. The third kappa shape index (κ3) is 5.74. The van der Waals surface area contributed by atoms with Crippen LogP contribution in [0.15, 0.2) is 53.7 Å². The smallest absolute Gasteiger partial charge is 0.191 e. The van der Waals surface area contributed by atoms with E-state index < -0.39 is 0 Å². The molecule has 0 bridgehead atoms. The van der Waals surface area contributed by atoms with Crippen molar-refractivity contribution in [1.82, 2.24) is 15.6 Å². The van der Waals surface area contributed by atoms with E-state index in [1.807, 2.05) is 24.4 Å². The van der Waals surface area contributed by atoms with Crippen LogP contribution in [0.25, 0.3) is 11.3 Å². The van der Waals surface area contributed by atoms with Gasteiger partial charge in [0.2, 0.25) is 0 Å². The molecule has 1 aromatic carbocycles. The van der Waals surface area contributed by atoms with Crippen molar-refractivity contribution in [2.24, 2.45) is 4.99 Å². The summed E-state index contributed by atoms with van der Waals surface area (Å²) in [5.74, 6) is 0.851. The molecule has 122 valence electrons. The lowest BCUT2D eigenvalue weighted by Crippen LogP contribution is -2.37. The van der Waals surface area contributed by atoms with Crippen molar-refractivity contribution in [1.29, 1.82) is 0 Å². The van der Waals surface area contributed by atoms with Crippen molar-refractivity contribution in [2.75, 3.05) is 13.6 Å². The van der Waals surface area contributed by atoms with Crippen LogP contribution in [0.5, 0.6) is 0 Å². The highest BCUT2D eigenvalue weighted by atomic mass is 15.2. The molecule has 1 aromatic heterocycles. The van der Waals surface area contributed by atoms with Crippen molar-refractivity contribution in [3.63, 3.8) is 0 Å². The van der Waals surface area contributed by atoms with E-state index in [1.165, 1.54) is 24.8 Å². The molecule has 0 unspecified atom stereocenters. The lowest BCUT2D eigenvalue weighted by molar-refractivity contribution is 0.683. The summed E-state index contributed by atoms with van der Waals surface area (Å²) in [6, 6.07) is 14.4. The predicted octanol–water partition coefficient (Wildman–Crippen LogP) is 3.60. The van der Waals surface area contributed by atoms with Gasteiger partial charge in [-0.05, 0) is 30.2 Å². The fraction of sp³-hybridized carbons (Fsp3) is 0.368. The van der Waals surface area contributed by atoms with Gasteiger partial charge in [-0.3, -0.25) is 9.98 Å². The van der Waals surface area contributed by atoms with Crippen molar-refractivity contribution >= 4 is 5.96 Å². The number of rotatable bonds is 7. The molecule has 0 amide bonds. The molecule has 0 atom stereocenters. The highest BCUT2D eigenvalue weighted by molar-refractivity contribution is 5.79. The molecule has 1 heterocycles. The molecule has 2 N–H and O–H groups in total. The molecule has 2 aromatic rings. The lowest BCUT2D eigenvalue weighted by atomic mass is 10.1. The molecule has 0 spiro atoms. The van der Waals surface area contributed by atoms with Crippen molar-refractivity contribution in [3.8, 4) is 11.3 Å². The van der Waals surface area contributed by atoms with E-state index in [2.05, 4.69) is 51.8 Å². The highest BCUT2D eigenvalue weighted by Crippen LogP contribution is 2.17. The van der Waals surface area contributed by atoms with Crippen LogP contribution in [0.4, 0.5) is 0 Å². The zero-order valence-electron chi connectivity index (χ0n) is 14.0. The van der Waals surface area contributed by atoms with Gasteiger partial charge in [-0.25, -0.2) is 0 Å². The summed E-state index contributed by atoms with van der Waals surface area (Å²) in [6.07, 6.45) is 5.47. The zero-order valence-corrected chi connectivity index (χ0v) is 14.0. The largest absolute Gasteiger partial charge is 0.356 e. The van der Waals surface area contributed by atoms with Crippen LogP contribution in [0.2, 0.25) is 0 Å². The summed E-state index contributed by atoms with van der Waals surface area (Å²) in [5.41, 5.74) is 3.34. The Kier molecular flexibility index (Phi) is 7.11. The predicted molar refractivity (Wildman–Crippen MR) is 97.4 cm³/mol. The van der Waals surface area contributed by atoms with Gasteiger partial charge in [-0.2, -0.15) is 0 Å². The Morgan fingerprint density at radius 1 is 1.09 bits per heavy atom. The van der Waals surface area contributed by atoms with E-state index in [4.69, 9.17) is 0 Å². The summed E-state index contributed by atoms with van der Waals surface area (Å²) in [4.78, 5) is 8.67. The van der Waals surface area contributed by atoms with Crippen LogP contribution in [0, 0.1) is 0 Å². The molecule has 0 aliphatic heterocycles. The topological polar surface area (TPSA) is 49.3 Å². The van der Waals surface area contributed by atoms with Crippen LogP contribution >= 0.6 is 0 Å². The van der Waals surface area contributed by atoms with Crippen molar-refractivity contribution in [2.45, 2.75) is 32.7 Å². The molecule has 2 rings (SSSR count). The van der Waals surface area contributed by atoms with E-state index in [0.29, 0.717) is 0 Å². The van der Waals surface area contributed by atoms with Crippen LogP contribution in [0.3, 0.4) is 0 Å². The summed E-state index contributed by atoms with van der Waals surface area (Å²) in [7, 11) is 1.81. The maximum Gasteiger partial charge on any atom is 0.191 e. The van der Waals surface area contributed by atoms with E-state index >= 15 is 0 Å². The number of aliphatic imine (C=N–C) groups is 1. The molecule has 23 heavy (non-hydrogen) atoms. The van der Waals surface area contributed by atoms with E-state index in [9.17, 15) is 0 Å². The molecule has 0 aliphatic carbocycles. The van der Waals surface area contributed by atoms with Gasteiger partial charge in [0.25, 0.3) is 0 Å². The van der Waals surface area contributed by atoms with Gasteiger partial charge in [0.1, 0.15) is 0 Å². The summed E-state index contributed by atoms with van der Waals surface area (Å²) >= 11 is 0. The minimum atomic E-state index is 0.744. The molecule has 0 saturated carbocycles. The molecule has 4 nitrogen and oxygen atoms in total. The van der Waals surface area contributed by atoms with Crippen LogP contribution < -0.4 is 10.6 Å². The number of aromatic nitrogens is 1. The first-order chi connectivity index (χ1) is 11.3. The zero-order chi connectivity index (χ0) is 16.3. The number of nitrogens with one attached hydrogen (secondary N) is 2. The number of guanidine groups is 1. The Morgan fingerprint density at radius 3 is 2.74 bits per heavy atom. The molecular weight excluding hydrogens is 284 g/mol. The van der Waals surface area contributed by atoms with E-state index in [1.54, 1.807) is 7.05 Å². The van der Waals surface area contributed by atoms with Gasteiger partial charge < -0.3 is 10.6 Å². The average Bonchev–Trinajstić information content (AvgIpc) is 2.62. The van der Waals surface area contributed by atoms with Crippen LogP contribution in [-0.4, -0.2) is 24.5 Å². The maximum absolute atomic E-state index is 4.40. The summed E-state index contributed by atoms with van der Waals surface area (Å²) in [6.45, 7) is 3.91. The first kappa shape index (κ1) is 17.0. The van der Waals surface area contributed by atoms with Gasteiger partial charge in [-0.1, -0.05) is 44.0 Å². The standard InChI is InChI=1S/C19H26N4/c1-3-4-6-13-22-19(20-2)23-15-16-9-8-10-17(14-16)18-11-5-7-12-21-18/h5,7-12,14H,3-4,6,13,15H2,1-2H3,(H2,20,22,23). The maximum atomic E-state index is 4.40. The van der Waals surface area contributed by atoms with Crippen LogP contribution in [-0.2, 0) is 6.54 Å². The number of benzene rings is 1. The van der Waals surface area contributed by atoms with Crippen molar-refractivity contribution in [3.05, 3.63) is 54.2 Å². The highest BCUT2D eigenvalue weighted by Gasteiger charge is 2.01. The number of nitrogens with zero attached hydrogens (tertiary/aromatic N) is 2. The second kappa shape index (κ2) is 9.62. The summed E-state index contributed by atoms with van der Waals surface area (Å²) < 4.78 is 0. The minimum absolute atomic E-state index is 0.744. The average molecular weight is 310 g/mol. The number of hydrogen-bond acceptors (Lipinski definition) is 2. The number of pyridine rings is 1. The molecule has 0 fully saturated rings. The van der Waals surface area contributed by atoms with Gasteiger partial charge in [0.05, 0.1) is 5.69 Å². The first-order valence-electron chi connectivity index (χ1n) is 8.28. The second-order valence-corrected chi connectivity index (χ2v) is 5.48.